The number of rotatable bonds is 2. The standard InChI is InChI=1S/C23H22N2O/c1-2-16-19(15-8-4-3-5-9-15)14-21(26)25-13-12-18-17-10-6-7-11-20(17)24-22(18)23(16)25/h3-11,19,24H,2,12-14H2,1H3. The topological polar surface area (TPSA) is 36.1 Å². The number of hydrogen-bond acceptors (Lipinski definition) is 1. The molecule has 1 atom stereocenters. The highest BCUT2D eigenvalue weighted by atomic mass is 16.2. The number of carbonyl (C=O) groups excluding carboxylic acids is 1. The SMILES string of the molecule is CCC1=C2c3[nH]c4ccccc4c3CCN2C(=O)CC1c1ccccc1. The number of amides is 1. The fourth-order valence-corrected chi connectivity index (χ4v) is 4.71. The first-order chi connectivity index (χ1) is 12.8. The van der Waals surface area contributed by atoms with Crippen LogP contribution in [0.15, 0.2) is 60.2 Å². The van der Waals surface area contributed by atoms with E-state index in [4.69, 9.17) is 0 Å². The fourth-order valence-electron chi connectivity index (χ4n) is 4.71. The number of H-pyrrole nitrogens is 1. The molecule has 0 spiro atoms. The summed E-state index contributed by atoms with van der Waals surface area (Å²) in [6.45, 7) is 3.00. The number of carbonyl (C=O) groups is 1. The van der Waals surface area contributed by atoms with Gasteiger partial charge in [0.05, 0.1) is 11.4 Å². The smallest absolute Gasteiger partial charge is 0.227 e. The van der Waals surface area contributed by atoms with E-state index < -0.39 is 0 Å². The maximum absolute atomic E-state index is 13.0. The van der Waals surface area contributed by atoms with Crippen molar-refractivity contribution in [3.05, 3.63) is 77.0 Å². The number of nitrogens with one attached hydrogen (secondary N) is 1. The Balaban J connectivity index is 1.76. The van der Waals surface area contributed by atoms with E-state index in [1.165, 1.54) is 22.1 Å². The minimum atomic E-state index is 0.178. The van der Waals surface area contributed by atoms with Crippen LogP contribution in [0.1, 0.15) is 42.5 Å². The van der Waals surface area contributed by atoms with Crippen LogP contribution in [-0.2, 0) is 11.2 Å². The van der Waals surface area contributed by atoms with E-state index in [2.05, 4.69) is 60.4 Å². The maximum atomic E-state index is 13.0. The van der Waals surface area contributed by atoms with Gasteiger partial charge in [-0.2, -0.15) is 0 Å². The van der Waals surface area contributed by atoms with Gasteiger partial charge in [0.15, 0.2) is 0 Å². The summed E-state index contributed by atoms with van der Waals surface area (Å²) in [4.78, 5) is 18.6. The first-order valence-corrected chi connectivity index (χ1v) is 9.46. The van der Waals surface area contributed by atoms with Gasteiger partial charge in [-0.15, -0.1) is 0 Å². The number of nitrogens with zero attached hydrogens (tertiary/aromatic N) is 1. The molecule has 3 nitrogen and oxygen atoms in total. The zero-order chi connectivity index (χ0) is 17.7. The van der Waals surface area contributed by atoms with Gasteiger partial charge >= 0.3 is 0 Å². The predicted molar refractivity (Wildman–Crippen MR) is 105 cm³/mol. The first kappa shape index (κ1) is 15.4. The third-order valence-corrected chi connectivity index (χ3v) is 5.89. The zero-order valence-electron chi connectivity index (χ0n) is 15.0. The molecule has 1 unspecified atom stereocenters. The third-order valence-electron chi connectivity index (χ3n) is 5.89. The monoisotopic (exact) mass is 342 g/mol. The summed E-state index contributed by atoms with van der Waals surface area (Å²) in [6, 6.07) is 19.0. The van der Waals surface area contributed by atoms with Crippen molar-refractivity contribution in [3.8, 4) is 0 Å². The molecule has 130 valence electrons. The minimum Gasteiger partial charge on any atom is -0.353 e. The molecule has 0 bridgehead atoms. The zero-order valence-corrected chi connectivity index (χ0v) is 15.0. The van der Waals surface area contributed by atoms with Crippen molar-refractivity contribution in [2.75, 3.05) is 6.54 Å². The largest absolute Gasteiger partial charge is 0.353 e. The Bertz CT molecular complexity index is 1030. The van der Waals surface area contributed by atoms with Gasteiger partial charge in [-0.25, -0.2) is 0 Å². The molecule has 0 radical (unpaired) electrons. The fraction of sp³-hybridized carbons (Fsp3) is 0.261. The molecule has 0 aliphatic carbocycles. The molecule has 0 saturated heterocycles. The molecule has 3 heteroatoms. The Morgan fingerprint density at radius 2 is 1.85 bits per heavy atom. The van der Waals surface area contributed by atoms with Crippen LogP contribution in [0, 0.1) is 0 Å². The molecule has 5 rings (SSSR count). The van der Waals surface area contributed by atoms with Crippen LogP contribution in [-0.4, -0.2) is 22.3 Å². The van der Waals surface area contributed by atoms with Crippen molar-refractivity contribution in [2.45, 2.75) is 32.1 Å². The van der Waals surface area contributed by atoms with E-state index in [-0.39, 0.29) is 11.8 Å². The average molecular weight is 342 g/mol. The summed E-state index contributed by atoms with van der Waals surface area (Å²) in [5.41, 5.74) is 7.44. The van der Waals surface area contributed by atoms with Gasteiger partial charge < -0.3 is 9.88 Å². The number of benzene rings is 2. The van der Waals surface area contributed by atoms with E-state index in [0.29, 0.717) is 6.42 Å². The normalized spacial score (nSPS) is 19.7. The second-order valence-corrected chi connectivity index (χ2v) is 7.21. The van der Waals surface area contributed by atoms with Gasteiger partial charge in [0.25, 0.3) is 0 Å². The lowest BCUT2D eigenvalue weighted by Gasteiger charge is -2.39. The second-order valence-electron chi connectivity index (χ2n) is 7.21. The minimum absolute atomic E-state index is 0.178. The van der Waals surface area contributed by atoms with Gasteiger partial charge in [-0.1, -0.05) is 55.5 Å². The molecule has 1 amide bonds. The van der Waals surface area contributed by atoms with Crippen LogP contribution >= 0.6 is 0 Å². The van der Waals surface area contributed by atoms with Gasteiger partial charge in [-0.3, -0.25) is 4.79 Å². The van der Waals surface area contributed by atoms with Crippen LogP contribution in [0.25, 0.3) is 16.6 Å². The Hall–Kier alpha value is -2.81. The van der Waals surface area contributed by atoms with Crippen molar-refractivity contribution < 1.29 is 4.79 Å². The average Bonchev–Trinajstić information content (AvgIpc) is 3.07. The Morgan fingerprint density at radius 3 is 2.65 bits per heavy atom. The Labute approximate surface area is 153 Å². The van der Waals surface area contributed by atoms with Crippen LogP contribution in [0.3, 0.4) is 0 Å². The Kier molecular flexibility index (Phi) is 3.49. The molecule has 3 aromatic rings. The van der Waals surface area contributed by atoms with Crippen LogP contribution in [0.2, 0.25) is 0 Å². The summed E-state index contributed by atoms with van der Waals surface area (Å²) in [7, 11) is 0. The number of aromatic nitrogens is 1. The third kappa shape index (κ3) is 2.16. The maximum Gasteiger partial charge on any atom is 0.227 e. The molecule has 2 aromatic carbocycles. The summed E-state index contributed by atoms with van der Waals surface area (Å²) in [6.07, 6.45) is 2.45. The highest BCUT2D eigenvalue weighted by Gasteiger charge is 2.38. The number of aromatic amines is 1. The molecule has 26 heavy (non-hydrogen) atoms. The molecule has 2 aliphatic heterocycles. The quantitative estimate of drug-likeness (QED) is 0.709. The molecule has 2 aliphatic rings. The summed E-state index contributed by atoms with van der Waals surface area (Å²) < 4.78 is 0. The predicted octanol–water partition coefficient (Wildman–Crippen LogP) is 4.86. The second kappa shape index (κ2) is 5.87. The Morgan fingerprint density at radius 1 is 1.08 bits per heavy atom. The molecule has 0 saturated carbocycles. The number of hydrogen-bond donors (Lipinski definition) is 1. The number of para-hydroxylation sites is 1. The van der Waals surface area contributed by atoms with Crippen molar-refractivity contribution in [3.63, 3.8) is 0 Å². The van der Waals surface area contributed by atoms with Crippen LogP contribution in [0.5, 0.6) is 0 Å². The van der Waals surface area contributed by atoms with E-state index in [1.54, 1.807) is 0 Å². The van der Waals surface area contributed by atoms with E-state index in [1.807, 2.05) is 11.0 Å². The summed E-state index contributed by atoms with van der Waals surface area (Å²) >= 11 is 0. The highest BCUT2D eigenvalue weighted by molar-refractivity contribution is 5.97. The highest BCUT2D eigenvalue weighted by Crippen LogP contribution is 2.45. The van der Waals surface area contributed by atoms with E-state index in [0.717, 1.165) is 36.3 Å². The number of allylic oxidation sites excluding steroid dienone is 1. The molecule has 3 heterocycles. The van der Waals surface area contributed by atoms with Gasteiger partial charge in [0.1, 0.15) is 0 Å². The van der Waals surface area contributed by atoms with Crippen LogP contribution < -0.4 is 0 Å². The lowest BCUT2D eigenvalue weighted by Crippen LogP contribution is -2.40. The molecule has 0 fully saturated rings. The molecular formula is C23H22N2O. The van der Waals surface area contributed by atoms with E-state index >= 15 is 0 Å². The van der Waals surface area contributed by atoms with Gasteiger partial charge in [-0.05, 0) is 35.6 Å². The lowest BCUT2D eigenvalue weighted by atomic mass is 9.80. The molecule has 1 aromatic heterocycles. The summed E-state index contributed by atoms with van der Waals surface area (Å²) in [5, 5.41) is 1.29. The van der Waals surface area contributed by atoms with Gasteiger partial charge in [0, 0.05) is 29.8 Å². The summed E-state index contributed by atoms with van der Waals surface area (Å²) in [5.74, 6) is 0.424. The van der Waals surface area contributed by atoms with Crippen molar-refractivity contribution >= 4 is 22.5 Å². The number of fused-ring (bicyclic) bond motifs is 5. The van der Waals surface area contributed by atoms with Gasteiger partial charge in [0.2, 0.25) is 5.91 Å². The lowest BCUT2D eigenvalue weighted by molar-refractivity contribution is -0.129. The molecular weight excluding hydrogens is 320 g/mol. The molecule has 1 N–H and O–H groups in total. The van der Waals surface area contributed by atoms with Crippen molar-refractivity contribution in [2.24, 2.45) is 0 Å². The van der Waals surface area contributed by atoms with Crippen molar-refractivity contribution in [1.82, 2.24) is 9.88 Å². The van der Waals surface area contributed by atoms with Crippen molar-refractivity contribution in [1.29, 1.82) is 0 Å². The van der Waals surface area contributed by atoms with Crippen LogP contribution in [0.4, 0.5) is 0 Å². The van der Waals surface area contributed by atoms with E-state index in [9.17, 15) is 4.79 Å². The first-order valence-electron chi connectivity index (χ1n) is 9.46.